The summed E-state index contributed by atoms with van der Waals surface area (Å²) in [5.74, 6) is 0.768. The number of methoxy groups -OCH3 is 1. The van der Waals surface area contributed by atoms with Gasteiger partial charge in [-0.2, -0.15) is 0 Å². The smallest absolute Gasteiger partial charge is 0.317 e. The Balaban J connectivity index is 1.12. The maximum absolute atomic E-state index is 12.4. The molecule has 1 aliphatic carbocycles. The van der Waals surface area contributed by atoms with Crippen LogP contribution in [0, 0.1) is 5.92 Å². The summed E-state index contributed by atoms with van der Waals surface area (Å²) in [6.07, 6.45) is 5.84. The summed E-state index contributed by atoms with van der Waals surface area (Å²) in [5.41, 5.74) is 0.880. The summed E-state index contributed by atoms with van der Waals surface area (Å²) in [5, 5.41) is 4.52. The van der Waals surface area contributed by atoms with Crippen molar-refractivity contribution >= 4 is 34.9 Å². The fourth-order valence-corrected chi connectivity index (χ4v) is 5.62. The number of halogens is 2. The van der Waals surface area contributed by atoms with E-state index in [-0.39, 0.29) is 11.6 Å². The van der Waals surface area contributed by atoms with E-state index in [1.54, 1.807) is 7.11 Å². The van der Waals surface area contributed by atoms with Crippen molar-refractivity contribution in [3.05, 3.63) is 28.2 Å². The van der Waals surface area contributed by atoms with Crippen molar-refractivity contribution in [2.75, 3.05) is 57.8 Å². The van der Waals surface area contributed by atoms with Crippen molar-refractivity contribution in [2.45, 2.75) is 50.7 Å². The zero-order chi connectivity index (χ0) is 22.7. The van der Waals surface area contributed by atoms with Gasteiger partial charge in [0, 0.05) is 39.3 Å². The predicted molar refractivity (Wildman–Crippen MR) is 131 cm³/mol. The van der Waals surface area contributed by atoms with E-state index in [0.717, 1.165) is 57.2 Å². The number of hydrogen-bond donors (Lipinski definition) is 1. The highest BCUT2D eigenvalue weighted by molar-refractivity contribution is 6.43. The molecule has 0 radical (unpaired) electrons. The van der Waals surface area contributed by atoms with Gasteiger partial charge >= 0.3 is 6.03 Å². The van der Waals surface area contributed by atoms with Crippen LogP contribution in [0.2, 0.25) is 10.0 Å². The van der Waals surface area contributed by atoms with Crippen LogP contribution in [-0.4, -0.2) is 80.4 Å². The second-order valence-corrected chi connectivity index (χ2v) is 10.7. The van der Waals surface area contributed by atoms with E-state index in [9.17, 15) is 4.79 Å². The van der Waals surface area contributed by atoms with Gasteiger partial charge in [0.1, 0.15) is 5.60 Å². The molecule has 1 saturated carbocycles. The molecule has 3 aliphatic rings. The predicted octanol–water partition coefficient (Wildman–Crippen LogP) is 4.49. The Morgan fingerprint density at radius 1 is 1.12 bits per heavy atom. The van der Waals surface area contributed by atoms with Crippen molar-refractivity contribution in [1.82, 2.24) is 15.1 Å². The molecule has 8 heteroatoms. The van der Waals surface area contributed by atoms with Gasteiger partial charge in [-0.3, -0.25) is 4.90 Å². The van der Waals surface area contributed by atoms with Gasteiger partial charge in [0.15, 0.2) is 0 Å². The average Bonchev–Trinajstić information content (AvgIpc) is 2.78. The zero-order valence-corrected chi connectivity index (χ0v) is 20.8. The first kappa shape index (κ1) is 23.9. The number of carbonyl (C=O) groups is 1. The number of benzene rings is 1. The summed E-state index contributed by atoms with van der Waals surface area (Å²) < 4.78 is 5.43. The van der Waals surface area contributed by atoms with E-state index in [0.29, 0.717) is 29.2 Å². The van der Waals surface area contributed by atoms with Gasteiger partial charge in [0.25, 0.3) is 0 Å². The number of nitrogens with one attached hydrogen (secondary N) is 1. The molecule has 2 saturated heterocycles. The second-order valence-electron chi connectivity index (χ2n) is 9.87. The lowest BCUT2D eigenvalue weighted by Gasteiger charge is -2.47. The molecule has 1 N–H and O–H groups in total. The maximum atomic E-state index is 12.4. The van der Waals surface area contributed by atoms with E-state index in [1.165, 1.54) is 19.3 Å². The minimum Gasteiger partial charge on any atom is -0.375 e. The van der Waals surface area contributed by atoms with E-state index >= 15 is 0 Å². The second kappa shape index (κ2) is 10.4. The van der Waals surface area contributed by atoms with Crippen molar-refractivity contribution < 1.29 is 9.53 Å². The summed E-state index contributed by atoms with van der Waals surface area (Å²) in [4.78, 5) is 19.2. The van der Waals surface area contributed by atoms with Gasteiger partial charge < -0.3 is 19.9 Å². The largest absolute Gasteiger partial charge is 0.375 e. The number of nitrogens with zero attached hydrogens (tertiary/aromatic N) is 3. The highest BCUT2D eigenvalue weighted by atomic mass is 35.5. The summed E-state index contributed by atoms with van der Waals surface area (Å²) in [6.45, 7) is 8.66. The van der Waals surface area contributed by atoms with Crippen LogP contribution in [0.25, 0.3) is 0 Å². The molecule has 3 fully saturated rings. The van der Waals surface area contributed by atoms with E-state index in [4.69, 9.17) is 27.9 Å². The summed E-state index contributed by atoms with van der Waals surface area (Å²) in [7, 11) is 1.71. The lowest BCUT2D eigenvalue weighted by Crippen LogP contribution is -2.65. The molecule has 0 spiro atoms. The summed E-state index contributed by atoms with van der Waals surface area (Å²) in [6, 6.07) is 6.25. The van der Waals surface area contributed by atoms with Gasteiger partial charge in [0.05, 0.1) is 28.8 Å². The molecular weight excluding hydrogens is 447 g/mol. The normalized spacial score (nSPS) is 26.0. The fourth-order valence-electron chi connectivity index (χ4n) is 5.21. The molecule has 0 atom stereocenters. The number of rotatable bonds is 6. The number of urea groups is 1. The summed E-state index contributed by atoms with van der Waals surface area (Å²) >= 11 is 12.6. The SMILES string of the molecule is COC1(C)CN(C(=O)N[C@H]2CC[C@H](CCN3CCN(c4cccc(Cl)c4Cl)CC3)CC2)C1. The molecule has 2 heterocycles. The first-order valence-corrected chi connectivity index (χ1v) is 12.6. The number of piperazine rings is 1. The number of hydrogen-bond acceptors (Lipinski definition) is 4. The van der Waals surface area contributed by atoms with Crippen molar-refractivity contribution in [1.29, 1.82) is 0 Å². The molecule has 178 valence electrons. The molecular formula is C24H36Cl2N4O2. The van der Waals surface area contributed by atoms with Gasteiger partial charge in [-0.15, -0.1) is 0 Å². The Bertz CT molecular complexity index is 786. The Hall–Kier alpha value is -1.21. The number of ether oxygens (including phenoxy) is 1. The number of amides is 2. The third kappa shape index (κ3) is 5.64. The van der Waals surface area contributed by atoms with Crippen LogP contribution in [0.5, 0.6) is 0 Å². The first-order chi connectivity index (χ1) is 15.4. The lowest BCUT2D eigenvalue weighted by molar-refractivity contribution is -0.0914. The Labute approximate surface area is 202 Å². The molecule has 2 amide bonds. The van der Waals surface area contributed by atoms with Gasteiger partial charge in [-0.25, -0.2) is 4.79 Å². The monoisotopic (exact) mass is 482 g/mol. The molecule has 0 bridgehead atoms. The topological polar surface area (TPSA) is 48.1 Å². The number of anilines is 1. The van der Waals surface area contributed by atoms with Gasteiger partial charge in [-0.05, 0) is 63.6 Å². The minimum absolute atomic E-state index is 0.0700. The average molecular weight is 483 g/mol. The Morgan fingerprint density at radius 3 is 2.47 bits per heavy atom. The molecule has 0 unspecified atom stereocenters. The molecule has 1 aromatic rings. The Kier molecular flexibility index (Phi) is 7.76. The van der Waals surface area contributed by atoms with Gasteiger partial charge in [0.2, 0.25) is 0 Å². The standard InChI is InChI=1S/C24H36Cl2N4O2/c1-24(32-2)16-30(17-24)23(31)27-19-8-6-18(7-9-19)10-11-28-12-14-29(15-13-28)21-5-3-4-20(25)22(21)26/h3-5,18-19H,6-17H2,1-2H3,(H,27,31)/t18-,19-. The highest BCUT2D eigenvalue weighted by Crippen LogP contribution is 2.33. The third-order valence-corrected chi connectivity index (χ3v) is 8.31. The van der Waals surface area contributed by atoms with E-state index in [2.05, 4.69) is 21.2 Å². The van der Waals surface area contributed by atoms with Crippen LogP contribution < -0.4 is 10.2 Å². The van der Waals surface area contributed by atoms with E-state index < -0.39 is 0 Å². The molecule has 32 heavy (non-hydrogen) atoms. The van der Waals surface area contributed by atoms with Crippen LogP contribution in [-0.2, 0) is 4.74 Å². The van der Waals surface area contributed by atoms with Crippen molar-refractivity contribution in [3.8, 4) is 0 Å². The van der Waals surface area contributed by atoms with Crippen LogP contribution in [0.3, 0.4) is 0 Å². The number of likely N-dealkylation sites (tertiary alicyclic amines) is 1. The highest BCUT2D eigenvalue weighted by Gasteiger charge is 2.42. The zero-order valence-electron chi connectivity index (χ0n) is 19.3. The minimum atomic E-state index is -0.166. The van der Waals surface area contributed by atoms with Crippen molar-refractivity contribution in [2.24, 2.45) is 5.92 Å². The van der Waals surface area contributed by atoms with Gasteiger partial charge in [-0.1, -0.05) is 29.3 Å². The fraction of sp³-hybridized carbons (Fsp3) is 0.708. The number of carbonyl (C=O) groups excluding carboxylic acids is 1. The van der Waals surface area contributed by atoms with Crippen LogP contribution in [0.15, 0.2) is 18.2 Å². The quantitative estimate of drug-likeness (QED) is 0.648. The maximum Gasteiger partial charge on any atom is 0.317 e. The van der Waals surface area contributed by atoms with Crippen LogP contribution in [0.4, 0.5) is 10.5 Å². The van der Waals surface area contributed by atoms with Crippen LogP contribution >= 0.6 is 23.2 Å². The first-order valence-electron chi connectivity index (χ1n) is 11.9. The Morgan fingerprint density at radius 2 is 1.81 bits per heavy atom. The molecule has 4 rings (SSSR count). The molecule has 2 aliphatic heterocycles. The molecule has 1 aromatic carbocycles. The van der Waals surface area contributed by atoms with Crippen molar-refractivity contribution in [3.63, 3.8) is 0 Å². The van der Waals surface area contributed by atoms with Crippen LogP contribution in [0.1, 0.15) is 39.0 Å². The molecule has 0 aromatic heterocycles. The third-order valence-electron chi connectivity index (χ3n) is 7.50. The lowest BCUT2D eigenvalue weighted by atomic mass is 9.84. The van der Waals surface area contributed by atoms with E-state index in [1.807, 2.05) is 24.0 Å². The molecule has 6 nitrogen and oxygen atoms in total.